The average Bonchev–Trinajstić information content (AvgIpc) is 3.45. The Hall–Kier alpha value is -2.14. The van der Waals surface area contributed by atoms with Crippen LogP contribution in [0.1, 0.15) is 40.2 Å². The summed E-state index contributed by atoms with van der Waals surface area (Å²) in [5.41, 5.74) is 1.37. The first-order valence-corrected chi connectivity index (χ1v) is 11.0. The van der Waals surface area contributed by atoms with Crippen molar-refractivity contribution in [3.05, 3.63) is 28.8 Å². The molecule has 0 spiro atoms. The molecule has 1 saturated carbocycles. The number of amides is 1. The Morgan fingerprint density at radius 3 is 2.74 bits per heavy atom. The SMILES string of the molecule is CN1CCO[C@H](CC(=O)N2CC(Oc3ccc4c(c3C(=O)O)C[B-](O)(O)[C@@H]3C[C@H]43)C2)C1. The summed E-state index contributed by atoms with van der Waals surface area (Å²) in [7, 11) is 2.01. The molecule has 0 bridgehead atoms. The fourth-order valence-corrected chi connectivity index (χ4v) is 5.37. The molecule has 2 saturated heterocycles. The highest BCUT2D eigenvalue weighted by Crippen LogP contribution is 2.62. The van der Waals surface area contributed by atoms with Gasteiger partial charge in [0.1, 0.15) is 17.4 Å². The summed E-state index contributed by atoms with van der Waals surface area (Å²) in [5.74, 6) is -1.05. The zero-order chi connectivity index (χ0) is 21.9. The van der Waals surface area contributed by atoms with Crippen molar-refractivity contribution in [2.45, 2.75) is 43.1 Å². The summed E-state index contributed by atoms with van der Waals surface area (Å²) in [5, 5.41) is 30.5. The molecule has 4 aliphatic rings. The number of nitrogens with zero attached hydrogens (tertiary/aromatic N) is 2. The minimum Gasteiger partial charge on any atom is -0.583 e. The first kappa shape index (κ1) is 20.8. The summed E-state index contributed by atoms with van der Waals surface area (Å²) in [4.78, 5) is 28.4. The Bertz CT molecular complexity index is 917. The van der Waals surface area contributed by atoms with E-state index in [0.717, 1.165) is 18.7 Å². The minimum atomic E-state index is -2.58. The van der Waals surface area contributed by atoms with Crippen LogP contribution in [-0.4, -0.2) is 95.4 Å². The van der Waals surface area contributed by atoms with Crippen molar-refractivity contribution in [3.63, 3.8) is 0 Å². The third-order valence-electron chi connectivity index (χ3n) is 7.19. The molecular weight excluding hydrogens is 403 g/mol. The van der Waals surface area contributed by atoms with Crippen molar-refractivity contribution < 1.29 is 34.2 Å². The lowest BCUT2D eigenvalue weighted by Crippen LogP contribution is -2.57. The number of carbonyl (C=O) groups excluding carboxylic acids is 1. The largest absolute Gasteiger partial charge is 0.583 e. The van der Waals surface area contributed by atoms with Gasteiger partial charge in [-0.1, -0.05) is 24.4 Å². The molecule has 1 amide bonds. The monoisotopic (exact) mass is 431 g/mol. The lowest BCUT2D eigenvalue weighted by molar-refractivity contribution is -0.144. The van der Waals surface area contributed by atoms with E-state index in [4.69, 9.17) is 9.47 Å². The summed E-state index contributed by atoms with van der Waals surface area (Å²) in [6.07, 6.45) is 0.567. The number of fused-ring (bicyclic) bond motifs is 3. The predicted octanol–water partition coefficient (Wildman–Crippen LogP) is 0.0747. The quantitative estimate of drug-likeness (QED) is 0.561. The van der Waals surface area contributed by atoms with Crippen LogP contribution < -0.4 is 4.74 Å². The van der Waals surface area contributed by atoms with Gasteiger partial charge in [0.05, 0.1) is 32.2 Å². The van der Waals surface area contributed by atoms with E-state index < -0.39 is 12.5 Å². The maximum Gasteiger partial charge on any atom is 0.339 e. The van der Waals surface area contributed by atoms with Crippen LogP contribution in [0.5, 0.6) is 5.75 Å². The minimum absolute atomic E-state index is 0.0110. The molecule has 1 aromatic rings. The van der Waals surface area contributed by atoms with E-state index >= 15 is 0 Å². The van der Waals surface area contributed by atoms with Gasteiger partial charge in [-0.15, -0.1) is 5.82 Å². The normalized spacial score (nSPS) is 29.5. The van der Waals surface area contributed by atoms with Crippen molar-refractivity contribution >= 4 is 18.4 Å². The maximum absolute atomic E-state index is 12.5. The van der Waals surface area contributed by atoms with Crippen LogP contribution in [0.15, 0.2) is 12.1 Å². The molecule has 168 valence electrons. The number of carboxylic acids is 1. The number of benzene rings is 1. The first-order chi connectivity index (χ1) is 14.7. The number of hydrogen-bond acceptors (Lipinski definition) is 7. The molecule has 1 aromatic carbocycles. The number of carbonyl (C=O) groups is 2. The summed E-state index contributed by atoms with van der Waals surface area (Å²) < 4.78 is 11.6. The molecule has 10 heteroatoms. The molecule has 31 heavy (non-hydrogen) atoms. The fraction of sp³-hybridized carbons (Fsp3) is 0.619. The molecule has 3 aliphatic heterocycles. The number of aromatic carboxylic acids is 1. The van der Waals surface area contributed by atoms with Crippen LogP contribution in [0.2, 0.25) is 5.82 Å². The molecule has 3 heterocycles. The van der Waals surface area contributed by atoms with E-state index in [0.29, 0.717) is 38.1 Å². The topological polar surface area (TPSA) is 120 Å². The average molecular weight is 431 g/mol. The van der Waals surface area contributed by atoms with Crippen molar-refractivity contribution in [2.75, 3.05) is 39.8 Å². The number of hydrogen-bond donors (Lipinski definition) is 3. The number of carboxylic acid groups (broad SMARTS) is 1. The summed E-state index contributed by atoms with van der Waals surface area (Å²) in [6.45, 7) is 0.443. The van der Waals surface area contributed by atoms with Gasteiger partial charge in [0.25, 0.3) is 0 Å². The Balaban J connectivity index is 1.24. The zero-order valence-electron chi connectivity index (χ0n) is 17.6. The van der Waals surface area contributed by atoms with E-state index in [9.17, 15) is 24.7 Å². The second-order valence-corrected chi connectivity index (χ2v) is 9.53. The van der Waals surface area contributed by atoms with E-state index in [1.807, 2.05) is 13.1 Å². The number of ether oxygens (including phenoxy) is 2. The standard InChI is InChI=1S/C21H28BN2O7/c1-23-4-5-30-12(9-23)6-19(25)24-10-13(11-24)31-18-3-2-14-15-7-17(15)22(28,29)8-16(14)20(18)21(26)27/h2-3,12-13,15,17,28-29H,4-11H2,1H3,(H,26,27)/q-1/t12-,15-,17-/m1/s1. The second-order valence-electron chi connectivity index (χ2n) is 9.53. The van der Waals surface area contributed by atoms with Crippen molar-refractivity contribution in [3.8, 4) is 5.75 Å². The van der Waals surface area contributed by atoms with Gasteiger partial charge in [-0.05, 0) is 24.6 Å². The van der Waals surface area contributed by atoms with E-state index in [2.05, 4.69) is 4.90 Å². The maximum atomic E-state index is 12.5. The Labute approximate surface area is 180 Å². The summed E-state index contributed by atoms with van der Waals surface area (Å²) >= 11 is 0. The van der Waals surface area contributed by atoms with Crippen molar-refractivity contribution in [2.24, 2.45) is 0 Å². The Kier molecular flexibility index (Phi) is 5.00. The van der Waals surface area contributed by atoms with Crippen LogP contribution in [0.25, 0.3) is 0 Å². The predicted molar refractivity (Wildman–Crippen MR) is 111 cm³/mol. The van der Waals surface area contributed by atoms with Gasteiger partial charge in [-0.25, -0.2) is 4.79 Å². The van der Waals surface area contributed by atoms with Gasteiger partial charge in [0, 0.05) is 13.1 Å². The van der Waals surface area contributed by atoms with Crippen molar-refractivity contribution in [1.82, 2.24) is 9.80 Å². The van der Waals surface area contributed by atoms with Crippen LogP contribution >= 0.6 is 0 Å². The second kappa shape index (κ2) is 7.48. The number of likely N-dealkylation sites (N-methyl/N-ethyl adjacent to an activating group) is 1. The molecule has 0 unspecified atom stereocenters. The first-order valence-electron chi connectivity index (χ1n) is 11.0. The Morgan fingerprint density at radius 1 is 1.26 bits per heavy atom. The molecular formula is C21H28BN2O7-. The molecule has 0 radical (unpaired) electrons. The van der Waals surface area contributed by atoms with E-state index in [1.165, 1.54) is 0 Å². The highest BCUT2D eigenvalue weighted by molar-refractivity contribution is 6.67. The van der Waals surface area contributed by atoms with Gasteiger partial charge < -0.3 is 34.4 Å². The molecule has 5 rings (SSSR count). The van der Waals surface area contributed by atoms with Crippen LogP contribution in [0.4, 0.5) is 0 Å². The van der Waals surface area contributed by atoms with Gasteiger partial charge >= 0.3 is 5.97 Å². The summed E-state index contributed by atoms with van der Waals surface area (Å²) in [6, 6.07) is 3.52. The molecule has 1 aliphatic carbocycles. The highest BCUT2D eigenvalue weighted by atomic mass is 16.5. The third kappa shape index (κ3) is 3.82. The zero-order valence-corrected chi connectivity index (χ0v) is 17.6. The fourth-order valence-electron chi connectivity index (χ4n) is 5.37. The Morgan fingerprint density at radius 2 is 2.03 bits per heavy atom. The smallest absolute Gasteiger partial charge is 0.339 e. The number of morpholine rings is 1. The molecule has 3 fully saturated rings. The molecule has 3 atom stereocenters. The van der Waals surface area contributed by atoms with Crippen LogP contribution in [0.3, 0.4) is 0 Å². The third-order valence-corrected chi connectivity index (χ3v) is 7.19. The van der Waals surface area contributed by atoms with Crippen LogP contribution in [-0.2, 0) is 15.9 Å². The highest BCUT2D eigenvalue weighted by Gasteiger charge is 2.52. The number of rotatable bonds is 5. The van der Waals surface area contributed by atoms with E-state index in [-0.39, 0.29) is 47.5 Å². The van der Waals surface area contributed by atoms with Crippen LogP contribution in [0, 0.1) is 0 Å². The lowest BCUT2D eigenvalue weighted by Gasteiger charge is -2.41. The van der Waals surface area contributed by atoms with Gasteiger partial charge in [-0.3, -0.25) is 4.79 Å². The molecule has 0 aromatic heterocycles. The number of likely N-dealkylation sites (tertiary alicyclic amines) is 1. The van der Waals surface area contributed by atoms with Crippen molar-refractivity contribution in [1.29, 1.82) is 0 Å². The van der Waals surface area contributed by atoms with Gasteiger partial charge in [0.15, 0.2) is 0 Å². The molecule has 9 nitrogen and oxygen atoms in total. The molecule has 3 N–H and O–H groups in total. The van der Waals surface area contributed by atoms with E-state index in [1.54, 1.807) is 11.0 Å². The van der Waals surface area contributed by atoms with Gasteiger partial charge in [0.2, 0.25) is 12.5 Å². The van der Waals surface area contributed by atoms with Gasteiger partial charge in [-0.2, -0.15) is 0 Å². The lowest BCUT2D eigenvalue weighted by atomic mass is 9.45.